The highest BCUT2D eigenvalue weighted by Gasteiger charge is 2.30. The molecule has 0 fully saturated rings. The number of ether oxygens (including phenoxy) is 1. The van der Waals surface area contributed by atoms with Crippen LogP contribution in [0.4, 0.5) is 13.2 Å². The maximum Gasteiger partial charge on any atom is 0.416 e. The molecule has 40 heavy (non-hydrogen) atoms. The Bertz CT molecular complexity index is 1710. The van der Waals surface area contributed by atoms with E-state index in [0.29, 0.717) is 38.9 Å². The van der Waals surface area contributed by atoms with E-state index in [2.05, 4.69) is 10.2 Å². The van der Waals surface area contributed by atoms with Gasteiger partial charge in [-0.25, -0.2) is 9.48 Å². The van der Waals surface area contributed by atoms with E-state index in [1.54, 1.807) is 24.3 Å². The average molecular weight is 587 g/mol. The lowest BCUT2D eigenvalue weighted by Crippen LogP contribution is -2.23. The molecule has 0 amide bonds. The van der Waals surface area contributed by atoms with Crippen molar-refractivity contribution in [1.29, 1.82) is 0 Å². The van der Waals surface area contributed by atoms with Crippen LogP contribution in [0.5, 0.6) is 5.88 Å². The third kappa shape index (κ3) is 5.71. The number of hydrogen-bond acceptors (Lipinski definition) is 4. The molecule has 0 N–H and O–H groups in total. The molecule has 0 aliphatic heterocycles. The van der Waals surface area contributed by atoms with E-state index < -0.39 is 17.4 Å². The Labute approximate surface area is 237 Å². The van der Waals surface area contributed by atoms with E-state index in [4.69, 9.17) is 27.9 Å². The normalized spacial score (nSPS) is 11.9. The van der Waals surface area contributed by atoms with Gasteiger partial charge in [0.2, 0.25) is 5.88 Å². The first kappa shape index (κ1) is 27.7. The van der Waals surface area contributed by atoms with Gasteiger partial charge in [0.05, 0.1) is 24.3 Å². The fourth-order valence-corrected chi connectivity index (χ4v) is 4.45. The molecule has 0 saturated carbocycles. The summed E-state index contributed by atoms with van der Waals surface area (Å²) >= 11 is 12.3. The number of halogens is 5. The average Bonchev–Trinajstić information content (AvgIpc) is 3.22. The molecule has 0 unspecified atom stereocenters. The SMILES string of the molecule is CC(C)COc1nn2c(=O)n(Cc3ccc(C(F)(F)F)cc3)nc2c(-c2ccc(Cl)cc2)c1-c1ccc(Cl)cc1. The molecule has 206 valence electrons. The number of alkyl halides is 3. The summed E-state index contributed by atoms with van der Waals surface area (Å²) in [4.78, 5) is 13.5. The Balaban J connectivity index is 1.74. The van der Waals surface area contributed by atoms with Gasteiger partial charge in [-0.1, -0.05) is 73.4 Å². The van der Waals surface area contributed by atoms with Crippen molar-refractivity contribution in [2.24, 2.45) is 5.92 Å². The summed E-state index contributed by atoms with van der Waals surface area (Å²) in [6.07, 6.45) is -4.46. The van der Waals surface area contributed by atoms with Gasteiger partial charge in [-0.2, -0.15) is 17.7 Å². The molecule has 3 aromatic carbocycles. The molecule has 0 saturated heterocycles. The lowest BCUT2D eigenvalue weighted by molar-refractivity contribution is -0.137. The van der Waals surface area contributed by atoms with E-state index in [1.807, 2.05) is 38.1 Å². The molecule has 0 radical (unpaired) electrons. The summed E-state index contributed by atoms with van der Waals surface area (Å²) in [5, 5.41) is 10.2. The summed E-state index contributed by atoms with van der Waals surface area (Å²) in [6, 6.07) is 18.8. The first-order chi connectivity index (χ1) is 19.0. The highest BCUT2D eigenvalue weighted by molar-refractivity contribution is 6.31. The monoisotopic (exact) mass is 586 g/mol. The molecular weight excluding hydrogens is 564 g/mol. The lowest BCUT2D eigenvalue weighted by Gasteiger charge is -2.17. The molecule has 0 aliphatic carbocycles. The van der Waals surface area contributed by atoms with Crippen LogP contribution in [0.3, 0.4) is 0 Å². The van der Waals surface area contributed by atoms with Crippen LogP contribution in [0.15, 0.2) is 77.6 Å². The third-order valence-electron chi connectivity index (χ3n) is 6.13. The largest absolute Gasteiger partial charge is 0.476 e. The van der Waals surface area contributed by atoms with Gasteiger partial charge < -0.3 is 4.74 Å². The van der Waals surface area contributed by atoms with Crippen molar-refractivity contribution in [3.63, 3.8) is 0 Å². The second-order valence-electron chi connectivity index (χ2n) is 9.64. The number of aromatic nitrogens is 4. The van der Waals surface area contributed by atoms with Crippen molar-refractivity contribution in [2.45, 2.75) is 26.6 Å². The Hall–Kier alpha value is -3.82. The highest BCUT2D eigenvalue weighted by Crippen LogP contribution is 2.41. The van der Waals surface area contributed by atoms with Gasteiger partial charge in [0.1, 0.15) is 0 Å². The third-order valence-corrected chi connectivity index (χ3v) is 6.63. The van der Waals surface area contributed by atoms with Crippen molar-refractivity contribution in [3.8, 4) is 28.1 Å². The van der Waals surface area contributed by atoms with Crippen LogP contribution in [0.2, 0.25) is 10.0 Å². The van der Waals surface area contributed by atoms with Gasteiger partial charge in [0.25, 0.3) is 0 Å². The first-order valence-electron chi connectivity index (χ1n) is 12.4. The molecule has 6 nitrogen and oxygen atoms in total. The molecule has 2 heterocycles. The van der Waals surface area contributed by atoms with Crippen LogP contribution in [0.1, 0.15) is 25.0 Å². The molecule has 0 aliphatic rings. The van der Waals surface area contributed by atoms with Crippen LogP contribution < -0.4 is 10.4 Å². The zero-order valence-electron chi connectivity index (χ0n) is 21.4. The summed E-state index contributed by atoms with van der Waals surface area (Å²) in [7, 11) is 0. The van der Waals surface area contributed by atoms with Crippen molar-refractivity contribution < 1.29 is 17.9 Å². The van der Waals surface area contributed by atoms with E-state index in [0.717, 1.165) is 22.2 Å². The van der Waals surface area contributed by atoms with Gasteiger partial charge in [0, 0.05) is 15.6 Å². The Morgan fingerprint density at radius 2 is 1.38 bits per heavy atom. The van der Waals surface area contributed by atoms with Crippen LogP contribution in [0.25, 0.3) is 27.9 Å². The summed E-state index contributed by atoms with van der Waals surface area (Å²) < 4.78 is 47.5. The maximum absolute atomic E-state index is 13.5. The molecule has 0 spiro atoms. The number of nitrogens with zero attached hydrogens (tertiary/aromatic N) is 4. The van der Waals surface area contributed by atoms with E-state index in [-0.39, 0.29) is 24.0 Å². The van der Waals surface area contributed by atoms with Gasteiger partial charge in [-0.3, -0.25) is 0 Å². The fraction of sp³-hybridized carbons (Fsp3) is 0.207. The standard InChI is InChI=1S/C29H23Cl2F3N4O2/c1-17(2)16-40-27-25(20-7-13-23(31)14-8-20)24(19-5-11-22(30)12-6-19)26-35-37(28(39)38(26)36-27)15-18-3-9-21(10-4-18)29(32,33)34/h3-14,17H,15-16H2,1-2H3. The molecule has 2 aromatic heterocycles. The van der Waals surface area contributed by atoms with E-state index >= 15 is 0 Å². The minimum Gasteiger partial charge on any atom is -0.476 e. The van der Waals surface area contributed by atoms with Crippen LogP contribution >= 0.6 is 23.2 Å². The quantitative estimate of drug-likeness (QED) is 0.197. The Morgan fingerprint density at radius 1 is 0.825 bits per heavy atom. The summed E-state index contributed by atoms with van der Waals surface area (Å²) in [6.45, 7) is 4.27. The predicted molar refractivity (Wildman–Crippen MR) is 149 cm³/mol. The lowest BCUT2D eigenvalue weighted by atomic mass is 9.96. The van der Waals surface area contributed by atoms with Gasteiger partial charge >= 0.3 is 11.9 Å². The van der Waals surface area contributed by atoms with Crippen molar-refractivity contribution in [3.05, 3.63) is 104 Å². The van der Waals surface area contributed by atoms with E-state index in [9.17, 15) is 18.0 Å². The number of rotatable bonds is 7. The summed E-state index contributed by atoms with van der Waals surface area (Å²) in [5.41, 5.74) is 2.03. The molecule has 0 bridgehead atoms. The molecule has 11 heteroatoms. The second kappa shape index (κ2) is 11.0. The Morgan fingerprint density at radius 3 is 1.90 bits per heavy atom. The molecular formula is C29H23Cl2F3N4O2. The van der Waals surface area contributed by atoms with Gasteiger partial charge in [0.15, 0.2) is 5.65 Å². The molecule has 5 aromatic rings. The predicted octanol–water partition coefficient (Wildman–Crippen LogP) is 7.63. The second-order valence-corrected chi connectivity index (χ2v) is 10.5. The minimum absolute atomic E-state index is 0.0567. The van der Waals surface area contributed by atoms with Crippen LogP contribution in [-0.4, -0.2) is 26.0 Å². The van der Waals surface area contributed by atoms with Crippen LogP contribution in [-0.2, 0) is 12.7 Å². The van der Waals surface area contributed by atoms with Gasteiger partial charge in [-0.15, -0.1) is 10.2 Å². The van der Waals surface area contributed by atoms with Crippen molar-refractivity contribution in [1.82, 2.24) is 19.4 Å². The molecule has 5 rings (SSSR count). The fourth-order valence-electron chi connectivity index (χ4n) is 4.20. The van der Waals surface area contributed by atoms with Crippen molar-refractivity contribution in [2.75, 3.05) is 6.61 Å². The summed E-state index contributed by atoms with van der Waals surface area (Å²) in [5.74, 6) is 0.401. The van der Waals surface area contributed by atoms with Gasteiger partial charge in [-0.05, 0) is 59.0 Å². The number of fused-ring (bicyclic) bond motifs is 1. The highest BCUT2D eigenvalue weighted by atomic mass is 35.5. The Kier molecular flexibility index (Phi) is 7.61. The van der Waals surface area contributed by atoms with Crippen LogP contribution in [0, 0.1) is 5.92 Å². The first-order valence-corrected chi connectivity index (χ1v) is 13.1. The smallest absolute Gasteiger partial charge is 0.416 e. The maximum atomic E-state index is 13.5. The zero-order chi connectivity index (χ0) is 28.6. The van der Waals surface area contributed by atoms with Crippen molar-refractivity contribution >= 4 is 28.8 Å². The number of benzene rings is 3. The van der Waals surface area contributed by atoms with E-state index in [1.165, 1.54) is 16.8 Å². The zero-order valence-corrected chi connectivity index (χ0v) is 22.9. The molecule has 0 atom stereocenters. The number of hydrogen-bond donors (Lipinski definition) is 0. The topological polar surface area (TPSA) is 61.4 Å². The minimum atomic E-state index is -4.46.